The monoisotopic (exact) mass is 340 g/mol. The lowest BCUT2D eigenvalue weighted by atomic mass is 10.0. The zero-order chi connectivity index (χ0) is 17.8. The van der Waals surface area contributed by atoms with Gasteiger partial charge in [-0.15, -0.1) is 0 Å². The van der Waals surface area contributed by atoms with Crippen LogP contribution in [0.4, 0.5) is 0 Å². The Morgan fingerprint density at radius 2 is 1.46 bits per heavy atom. The van der Waals surface area contributed by atoms with Gasteiger partial charge in [0.2, 0.25) is 5.91 Å². The molecule has 1 rings (SSSR count). The Labute approximate surface area is 149 Å². The number of rotatable bonds is 12. The van der Waals surface area contributed by atoms with E-state index in [1.54, 1.807) is 0 Å². The highest BCUT2D eigenvalue weighted by Crippen LogP contribution is 2.12. The van der Waals surface area contributed by atoms with E-state index in [9.17, 15) is 4.79 Å². The van der Waals surface area contributed by atoms with Gasteiger partial charge in [0, 0.05) is 26.2 Å². The van der Waals surface area contributed by atoms with Gasteiger partial charge in [-0.2, -0.15) is 0 Å². The Kier molecular flexibility index (Phi) is 11.4. The number of carbonyl (C=O) groups excluding carboxylic acids is 1. The Morgan fingerprint density at radius 1 is 0.875 bits per heavy atom. The highest BCUT2D eigenvalue weighted by Gasteiger charge is 2.20. The fraction of sp³-hybridized carbons (Fsp3) is 0.950. The molecule has 0 aromatic rings. The molecular weight excluding hydrogens is 300 g/mol. The number of amides is 1. The van der Waals surface area contributed by atoms with E-state index >= 15 is 0 Å². The second kappa shape index (κ2) is 12.7. The molecule has 0 aromatic carbocycles. The first-order valence-corrected chi connectivity index (χ1v) is 10.1. The molecule has 0 aromatic heterocycles. The third-order valence-electron chi connectivity index (χ3n) is 4.77. The summed E-state index contributed by atoms with van der Waals surface area (Å²) in [5.41, 5.74) is 0. The van der Waals surface area contributed by atoms with Gasteiger partial charge in [0.15, 0.2) is 0 Å². The lowest BCUT2D eigenvalue weighted by molar-refractivity contribution is -0.139. The first-order chi connectivity index (χ1) is 11.5. The van der Waals surface area contributed by atoms with Crippen molar-refractivity contribution in [1.82, 2.24) is 9.80 Å². The highest BCUT2D eigenvalue weighted by molar-refractivity contribution is 5.77. The van der Waals surface area contributed by atoms with E-state index < -0.39 is 0 Å². The first kappa shape index (κ1) is 21.4. The Hall–Kier alpha value is -0.610. The average molecular weight is 341 g/mol. The molecule has 142 valence electrons. The van der Waals surface area contributed by atoms with Gasteiger partial charge >= 0.3 is 0 Å². The summed E-state index contributed by atoms with van der Waals surface area (Å²) in [4.78, 5) is 16.5. The minimum absolute atomic E-state index is 0.126. The SMILES string of the molecule is CC(C)CCCCCCCCN1CCN(C(=O)COC(C)C)CC1. The predicted molar refractivity (Wildman–Crippen MR) is 101 cm³/mol. The van der Waals surface area contributed by atoms with Gasteiger partial charge in [0.25, 0.3) is 0 Å². The van der Waals surface area contributed by atoms with Gasteiger partial charge < -0.3 is 9.64 Å². The van der Waals surface area contributed by atoms with Gasteiger partial charge in [-0.1, -0.05) is 52.4 Å². The summed E-state index contributed by atoms with van der Waals surface area (Å²) in [7, 11) is 0. The van der Waals surface area contributed by atoms with Crippen molar-refractivity contribution >= 4 is 5.91 Å². The van der Waals surface area contributed by atoms with Gasteiger partial charge in [0.05, 0.1) is 6.10 Å². The molecule has 1 amide bonds. The zero-order valence-electron chi connectivity index (χ0n) is 16.6. The third kappa shape index (κ3) is 10.3. The maximum absolute atomic E-state index is 12.0. The van der Waals surface area contributed by atoms with Crippen LogP contribution >= 0.6 is 0 Å². The van der Waals surface area contributed by atoms with Crippen molar-refractivity contribution in [1.29, 1.82) is 0 Å². The zero-order valence-corrected chi connectivity index (χ0v) is 16.6. The quantitative estimate of drug-likeness (QED) is 0.504. The summed E-state index contributed by atoms with van der Waals surface area (Å²) in [6.45, 7) is 13.7. The molecule has 0 aliphatic carbocycles. The maximum atomic E-state index is 12.0. The number of hydrogen-bond acceptors (Lipinski definition) is 3. The topological polar surface area (TPSA) is 32.8 Å². The van der Waals surface area contributed by atoms with E-state index in [0.29, 0.717) is 0 Å². The number of carbonyl (C=O) groups is 1. The van der Waals surface area contributed by atoms with Gasteiger partial charge in [-0.05, 0) is 32.7 Å². The fourth-order valence-electron chi connectivity index (χ4n) is 3.15. The Bertz CT molecular complexity index is 324. The summed E-state index contributed by atoms with van der Waals surface area (Å²) in [5.74, 6) is 0.997. The molecule has 4 heteroatoms. The van der Waals surface area contributed by atoms with E-state index in [1.165, 1.54) is 51.5 Å². The standard InChI is InChI=1S/C20H40N2O2/c1-18(2)11-9-7-5-6-8-10-12-21-13-15-22(16-14-21)20(23)17-24-19(3)4/h18-19H,5-17H2,1-4H3. The van der Waals surface area contributed by atoms with Crippen LogP contribution in [0.3, 0.4) is 0 Å². The fourth-order valence-corrected chi connectivity index (χ4v) is 3.15. The van der Waals surface area contributed by atoms with Crippen LogP contribution in [0, 0.1) is 5.92 Å². The molecule has 0 bridgehead atoms. The summed E-state index contributed by atoms with van der Waals surface area (Å²) < 4.78 is 5.41. The summed E-state index contributed by atoms with van der Waals surface area (Å²) in [6.07, 6.45) is 9.73. The Balaban J connectivity index is 1.97. The summed E-state index contributed by atoms with van der Waals surface area (Å²) in [6, 6.07) is 0. The van der Waals surface area contributed by atoms with Crippen molar-refractivity contribution in [3.63, 3.8) is 0 Å². The van der Waals surface area contributed by atoms with Crippen LogP contribution in [0.25, 0.3) is 0 Å². The number of ether oxygens (including phenoxy) is 1. The average Bonchev–Trinajstić information content (AvgIpc) is 2.55. The molecule has 1 fully saturated rings. The number of piperazine rings is 1. The van der Waals surface area contributed by atoms with Crippen LogP contribution in [-0.4, -0.2) is 61.1 Å². The van der Waals surface area contributed by atoms with Crippen molar-refractivity contribution in [2.45, 2.75) is 78.7 Å². The van der Waals surface area contributed by atoms with Crippen molar-refractivity contribution in [2.75, 3.05) is 39.3 Å². The lowest BCUT2D eigenvalue weighted by Gasteiger charge is -2.34. The van der Waals surface area contributed by atoms with E-state index in [4.69, 9.17) is 4.74 Å². The molecule has 1 aliphatic rings. The van der Waals surface area contributed by atoms with Crippen molar-refractivity contribution in [3.8, 4) is 0 Å². The molecule has 1 heterocycles. The molecule has 0 N–H and O–H groups in total. The molecule has 1 saturated heterocycles. The molecule has 0 atom stereocenters. The highest BCUT2D eigenvalue weighted by atomic mass is 16.5. The molecule has 0 saturated carbocycles. The van der Waals surface area contributed by atoms with Crippen molar-refractivity contribution in [2.24, 2.45) is 5.92 Å². The largest absolute Gasteiger partial charge is 0.369 e. The van der Waals surface area contributed by atoms with E-state index in [1.807, 2.05) is 18.7 Å². The molecule has 0 spiro atoms. The van der Waals surface area contributed by atoms with Crippen LogP contribution in [0.5, 0.6) is 0 Å². The molecular formula is C20H40N2O2. The van der Waals surface area contributed by atoms with Crippen LogP contribution in [0.15, 0.2) is 0 Å². The van der Waals surface area contributed by atoms with E-state index in [-0.39, 0.29) is 18.6 Å². The van der Waals surface area contributed by atoms with Crippen LogP contribution in [-0.2, 0) is 9.53 Å². The van der Waals surface area contributed by atoms with Crippen LogP contribution in [0.2, 0.25) is 0 Å². The number of unbranched alkanes of at least 4 members (excludes halogenated alkanes) is 5. The summed E-state index contributed by atoms with van der Waals surface area (Å²) in [5, 5.41) is 0. The molecule has 1 aliphatic heterocycles. The van der Waals surface area contributed by atoms with Gasteiger partial charge in [-0.3, -0.25) is 9.69 Å². The van der Waals surface area contributed by atoms with Crippen molar-refractivity contribution < 1.29 is 9.53 Å². The van der Waals surface area contributed by atoms with E-state index in [2.05, 4.69) is 18.7 Å². The second-order valence-corrected chi connectivity index (χ2v) is 7.89. The smallest absolute Gasteiger partial charge is 0.248 e. The first-order valence-electron chi connectivity index (χ1n) is 10.1. The minimum atomic E-state index is 0.126. The Morgan fingerprint density at radius 3 is 2.04 bits per heavy atom. The third-order valence-corrected chi connectivity index (χ3v) is 4.77. The molecule has 4 nitrogen and oxygen atoms in total. The van der Waals surface area contributed by atoms with Crippen molar-refractivity contribution in [3.05, 3.63) is 0 Å². The number of nitrogens with zero attached hydrogens (tertiary/aromatic N) is 2. The predicted octanol–water partition coefficient (Wildman–Crippen LogP) is 3.94. The van der Waals surface area contributed by atoms with Crippen LogP contribution in [0.1, 0.15) is 72.6 Å². The van der Waals surface area contributed by atoms with Gasteiger partial charge in [0.1, 0.15) is 6.61 Å². The normalized spacial score (nSPS) is 16.3. The van der Waals surface area contributed by atoms with E-state index in [0.717, 1.165) is 32.1 Å². The van der Waals surface area contributed by atoms with Gasteiger partial charge in [-0.25, -0.2) is 0 Å². The number of hydrogen-bond donors (Lipinski definition) is 0. The second-order valence-electron chi connectivity index (χ2n) is 7.89. The molecule has 0 radical (unpaired) electrons. The lowest BCUT2D eigenvalue weighted by Crippen LogP contribution is -2.49. The maximum Gasteiger partial charge on any atom is 0.248 e. The minimum Gasteiger partial charge on any atom is -0.369 e. The molecule has 0 unspecified atom stereocenters. The van der Waals surface area contributed by atoms with Crippen LogP contribution < -0.4 is 0 Å². The molecule has 24 heavy (non-hydrogen) atoms. The summed E-state index contributed by atoms with van der Waals surface area (Å²) >= 11 is 0.